The van der Waals surface area contributed by atoms with Crippen molar-refractivity contribution in [3.05, 3.63) is 78.0 Å². The van der Waals surface area contributed by atoms with Crippen molar-refractivity contribution in [1.29, 1.82) is 0 Å². The summed E-state index contributed by atoms with van der Waals surface area (Å²) < 4.78 is 47.1. The van der Waals surface area contributed by atoms with Gasteiger partial charge in [0.15, 0.2) is 17.1 Å². The van der Waals surface area contributed by atoms with Gasteiger partial charge in [0.05, 0.1) is 18.2 Å². The molecule has 0 spiro atoms. The van der Waals surface area contributed by atoms with Crippen molar-refractivity contribution in [2.45, 2.75) is 6.18 Å². The second kappa shape index (κ2) is 8.32. The standard InChI is InChI=1S/C23H18F3N5O3/c24-23(25,26)19-13-17(15-5-2-1-3-6-15)28-20-16(14-27-31(19)20)21(32)29-8-10-30(11-9-29)22(33)18-7-4-12-34-18/h1-7,12-14H,8-11H2. The van der Waals surface area contributed by atoms with E-state index in [9.17, 15) is 22.8 Å². The van der Waals surface area contributed by atoms with Crippen LogP contribution in [0.3, 0.4) is 0 Å². The van der Waals surface area contributed by atoms with E-state index in [1.54, 1.807) is 47.4 Å². The maximum absolute atomic E-state index is 13.8. The van der Waals surface area contributed by atoms with Crippen molar-refractivity contribution in [3.63, 3.8) is 0 Å². The van der Waals surface area contributed by atoms with Crippen LogP contribution in [0.4, 0.5) is 13.2 Å². The fraction of sp³-hybridized carbons (Fsp3) is 0.217. The molecule has 0 aliphatic carbocycles. The van der Waals surface area contributed by atoms with Gasteiger partial charge in [0.25, 0.3) is 11.8 Å². The molecule has 0 atom stereocenters. The summed E-state index contributed by atoms with van der Waals surface area (Å²) in [5, 5.41) is 3.82. The molecule has 0 saturated carbocycles. The molecular formula is C23H18F3N5O3. The number of fused-ring (bicyclic) bond motifs is 1. The number of benzene rings is 1. The molecule has 3 aromatic heterocycles. The normalized spacial score (nSPS) is 14.6. The number of amides is 2. The van der Waals surface area contributed by atoms with Crippen molar-refractivity contribution in [1.82, 2.24) is 24.4 Å². The van der Waals surface area contributed by atoms with E-state index >= 15 is 0 Å². The van der Waals surface area contributed by atoms with Crippen LogP contribution in [0.15, 0.2) is 65.4 Å². The van der Waals surface area contributed by atoms with Gasteiger partial charge >= 0.3 is 6.18 Å². The minimum atomic E-state index is -4.70. The maximum atomic E-state index is 13.8. The molecule has 11 heteroatoms. The first kappa shape index (κ1) is 21.7. The van der Waals surface area contributed by atoms with Crippen LogP contribution >= 0.6 is 0 Å². The van der Waals surface area contributed by atoms with Crippen molar-refractivity contribution in [2.24, 2.45) is 0 Å². The number of nitrogens with zero attached hydrogens (tertiary/aromatic N) is 5. The summed E-state index contributed by atoms with van der Waals surface area (Å²) in [5.41, 5.74) is -0.657. The molecule has 0 radical (unpaired) electrons. The number of halogens is 3. The third-order valence-electron chi connectivity index (χ3n) is 5.65. The van der Waals surface area contributed by atoms with Crippen LogP contribution in [-0.4, -0.2) is 62.4 Å². The van der Waals surface area contributed by atoms with E-state index in [1.807, 2.05) is 0 Å². The molecule has 4 aromatic rings. The molecule has 1 aromatic carbocycles. The molecule has 2 amide bonds. The summed E-state index contributed by atoms with van der Waals surface area (Å²) in [6.07, 6.45) is -2.19. The third kappa shape index (κ3) is 3.89. The lowest BCUT2D eigenvalue weighted by atomic mass is 10.1. The zero-order valence-corrected chi connectivity index (χ0v) is 17.7. The van der Waals surface area contributed by atoms with Gasteiger partial charge in [-0.3, -0.25) is 9.59 Å². The maximum Gasteiger partial charge on any atom is 0.433 e. The summed E-state index contributed by atoms with van der Waals surface area (Å²) >= 11 is 0. The Morgan fingerprint density at radius 2 is 1.59 bits per heavy atom. The lowest BCUT2D eigenvalue weighted by Crippen LogP contribution is -2.50. The highest BCUT2D eigenvalue weighted by atomic mass is 19.4. The minimum absolute atomic E-state index is 0.0332. The van der Waals surface area contributed by atoms with Crippen molar-refractivity contribution in [3.8, 4) is 11.3 Å². The average Bonchev–Trinajstić information content (AvgIpc) is 3.53. The fourth-order valence-corrected chi connectivity index (χ4v) is 3.91. The third-order valence-corrected chi connectivity index (χ3v) is 5.65. The van der Waals surface area contributed by atoms with Gasteiger partial charge in [-0.1, -0.05) is 30.3 Å². The van der Waals surface area contributed by atoms with Crippen LogP contribution in [0.25, 0.3) is 16.9 Å². The van der Waals surface area contributed by atoms with Gasteiger partial charge in [0, 0.05) is 31.7 Å². The summed E-state index contributed by atoms with van der Waals surface area (Å²) in [5.74, 6) is -0.567. The van der Waals surface area contributed by atoms with Gasteiger partial charge < -0.3 is 14.2 Å². The quantitative estimate of drug-likeness (QED) is 0.458. The molecule has 5 rings (SSSR count). The number of furan rings is 1. The Balaban J connectivity index is 1.45. The number of carbonyl (C=O) groups is 2. The zero-order chi connectivity index (χ0) is 23.9. The van der Waals surface area contributed by atoms with E-state index < -0.39 is 17.8 Å². The number of rotatable bonds is 3. The molecule has 0 N–H and O–H groups in total. The number of aromatic nitrogens is 3. The van der Waals surface area contributed by atoms with Crippen molar-refractivity contribution >= 4 is 17.5 Å². The van der Waals surface area contributed by atoms with Gasteiger partial charge in [-0.15, -0.1) is 0 Å². The first-order valence-corrected chi connectivity index (χ1v) is 10.5. The average molecular weight is 469 g/mol. The Morgan fingerprint density at radius 1 is 0.912 bits per heavy atom. The fourth-order valence-electron chi connectivity index (χ4n) is 3.91. The topological polar surface area (TPSA) is 84.0 Å². The summed E-state index contributed by atoms with van der Waals surface area (Å²) in [6.45, 7) is 0.961. The number of hydrogen-bond donors (Lipinski definition) is 0. The first-order chi connectivity index (χ1) is 16.3. The van der Waals surface area contributed by atoms with E-state index in [0.29, 0.717) is 10.1 Å². The van der Waals surface area contributed by atoms with E-state index in [1.165, 1.54) is 11.2 Å². The molecule has 0 unspecified atom stereocenters. The van der Waals surface area contributed by atoms with Crippen LogP contribution in [0.2, 0.25) is 0 Å². The molecule has 1 aliphatic heterocycles. The van der Waals surface area contributed by atoms with Gasteiger partial charge in [0.1, 0.15) is 5.56 Å². The largest absolute Gasteiger partial charge is 0.459 e. The van der Waals surface area contributed by atoms with Gasteiger partial charge in [-0.25, -0.2) is 9.50 Å². The predicted molar refractivity (Wildman–Crippen MR) is 114 cm³/mol. The van der Waals surface area contributed by atoms with Gasteiger partial charge in [0.2, 0.25) is 0 Å². The SMILES string of the molecule is O=C(c1ccco1)N1CCN(C(=O)c2cnn3c(C(F)(F)F)cc(-c4ccccc4)nc23)CC1. The second-order valence-electron chi connectivity index (χ2n) is 7.75. The molecule has 1 saturated heterocycles. The highest BCUT2D eigenvalue weighted by Crippen LogP contribution is 2.33. The number of carbonyl (C=O) groups excluding carboxylic acids is 2. The number of piperazine rings is 1. The summed E-state index contributed by atoms with van der Waals surface area (Å²) in [4.78, 5) is 33.1. The van der Waals surface area contributed by atoms with Crippen LogP contribution in [0.5, 0.6) is 0 Å². The minimum Gasteiger partial charge on any atom is -0.459 e. The van der Waals surface area contributed by atoms with Crippen LogP contribution in [0, 0.1) is 0 Å². The lowest BCUT2D eigenvalue weighted by molar-refractivity contribution is -0.142. The molecule has 34 heavy (non-hydrogen) atoms. The summed E-state index contributed by atoms with van der Waals surface area (Å²) in [7, 11) is 0. The number of alkyl halides is 3. The summed E-state index contributed by atoms with van der Waals surface area (Å²) in [6, 6.07) is 12.5. The van der Waals surface area contributed by atoms with Crippen molar-refractivity contribution < 1.29 is 27.2 Å². The molecule has 1 aliphatic rings. The molecule has 1 fully saturated rings. The second-order valence-corrected chi connectivity index (χ2v) is 7.75. The van der Waals surface area contributed by atoms with E-state index in [-0.39, 0.29) is 54.8 Å². The molecule has 174 valence electrons. The highest BCUT2D eigenvalue weighted by molar-refractivity contribution is 6.00. The Morgan fingerprint density at radius 3 is 2.21 bits per heavy atom. The van der Waals surface area contributed by atoms with E-state index in [4.69, 9.17) is 4.42 Å². The Bertz CT molecular complexity index is 1340. The van der Waals surface area contributed by atoms with Gasteiger partial charge in [-0.2, -0.15) is 18.3 Å². The Hall–Kier alpha value is -4.15. The monoisotopic (exact) mass is 469 g/mol. The van der Waals surface area contributed by atoms with E-state index in [2.05, 4.69) is 10.1 Å². The lowest BCUT2D eigenvalue weighted by Gasteiger charge is -2.34. The number of hydrogen-bond acceptors (Lipinski definition) is 5. The molecule has 0 bridgehead atoms. The smallest absolute Gasteiger partial charge is 0.433 e. The van der Waals surface area contributed by atoms with Crippen LogP contribution < -0.4 is 0 Å². The Labute approximate surface area is 191 Å². The molecule has 4 heterocycles. The molecular weight excluding hydrogens is 451 g/mol. The van der Waals surface area contributed by atoms with E-state index in [0.717, 1.165) is 12.3 Å². The van der Waals surface area contributed by atoms with Crippen molar-refractivity contribution in [2.75, 3.05) is 26.2 Å². The first-order valence-electron chi connectivity index (χ1n) is 10.5. The zero-order valence-electron chi connectivity index (χ0n) is 17.7. The highest BCUT2D eigenvalue weighted by Gasteiger charge is 2.36. The van der Waals surface area contributed by atoms with Gasteiger partial charge in [-0.05, 0) is 18.2 Å². The van der Waals surface area contributed by atoms with Crippen LogP contribution in [-0.2, 0) is 6.18 Å². The Kier molecular flexibility index (Phi) is 5.31. The van der Waals surface area contributed by atoms with Crippen LogP contribution in [0.1, 0.15) is 26.6 Å². The predicted octanol–water partition coefficient (Wildman–Crippen LogP) is 3.61. The molecule has 8 nitrogen and oxygen atoms in total.